The maximum Gasteiger partial charge on any atom is 0.339 e. The second-order valence-corrected chi connectivity index (χ2v) is 16.4. The van der Waals surface area contributed by atoms with Gasteiger partial charge in [0.05, 0.1) is 18.6 Å². The van der Waals surface area contributed by atoms with Crippen molar-refractivity contribution in [2.45, 2.75) is 124 Å². The molecule has 7 rings (SSSR count). The van der Waals surface area contributed by atoms with Gasteiger partial charge in [-0.1, -0.05) is 56.5 Å². The molecule has 274 valence electrons. The topological polar surface area (TPSA) is 101 Å². The fourth-order valence-electron chi connectivity index (χ4n) is 8.44. The molecule has 3 aromatic rings. The van der Waals surface area contributed by atoms with Crippen molar-refractivity contribution in [1.29, 1.82) is 0 Å². The van der Waals surface area contributed by atoms with Crippen molar-refractivity contribution >= 4 is 22.9 Å². The van der Waals surface area contributed by atoms with Gasteiger partial charge in [-0.05, 0) is 113 Å². The summed E-state index contributed by atoms with van der Waals surface area (Å²) in [4.78, 5) is 41.8. The Labute approximate surface area is 301 Å². The van der Waals surface area contributed by atoms with E-state index in [2.05, 4.69) is 38.1 Å². The molecule has 51 heavy (non-hydrogen) atoms. The Balaban J connectivity index is 1.46. The van der Waals surface area contributed by atoms with Crippen LogP contribution in [0.25, 0.3) is 11.0 Å². The Bertz CT molecular complexity index is 1840. The molecule has 8 nitrogen and oxygen atoms in total. The summed E-state index contributed by atoms with van der Waals surface area (Å²) in [6.45, 7) is 12.4. The lowest BCUT2D eigenvalue weighted by Gasteiger charge is -2.43. The predicted molar refractivity (Wildman–Crippen MR) is 197 cm³/mol. The number of hydrogen-bond donors (Lipinski definition) is 0. The molecule has 2 bridgehead atoms. The van der Waals surface area contributed by atoms with Gasteiger partial charge in [0, 0.05) is 30.1 Å². The first-order chi connectivity index (χ1) is 24.3. The Morgan fingerprint density at radius 1 is 0.961 bits per heavy atom. The minimum absolute atomic E-state index is 0.232. The second-order valence-electron chi connectivity index (χ2n) is 16.4. The third-order valence-corrected chi connectivity index (χ3v) is 11.3. The van der Waals surface area contributed by atoms with Crippen LogP contribution in [0.15, 0.2) is 62.8 Å². The summed E-state index contributed by atoms with van der Waals surface area (Å²) < 4.78 is 30.7. The van der Waals surface area contributed by atoms with Gasteiger partial charge < -0.3 is 23.4 Å². The molecule has 1 aromatic heterocycles. The number of benzene rings is 2. The van der Waals surface area contributed by atoms with Crippen LogP contribution < -0.4 is 10.4 Å². The predicted octanol–water partition coefficient (Wildman–Crippen LogP) is 8.79. The number of ether oxygens (including phenoxy) is 4. The van der Waals surface area contributed by atoms with Gasteiger partial charge in [0.25, 0.3) is 0 Å². The zero-order valence-electron chi connectivity index (χ0n) is 31.4. The first-order valence-electron chi connectivity index (χ1n) is 18.7. The standard InChI is InChI=1S/C43H54O8/c1-26(2)8-9-30-18-20-43(24-30)23-29-12-10-28(11-13-29)14-16-33(27(3)4)41(46)50-39-38(48-35(44)25-43)36-34(51-42(39,5)6)17-15-31-22-32(19-21-47-7)40(45)49-37(31)36/h10-13,15,17,22,26,30,38-39H,8-9,14,16,18-21,23-25H2,1-7H3/t30-,38+,39+,43+/m0/s1. The van der Waals surface area contributed by atoms with E-state index >= 15 is 0 Å². The summed E-state index contributed by atoms with van der Waals surface area (Å²) >= 11 is 0. The highest BCUT2D eigenvalue weighted by Gasteiger charge is 2.51. The van der Waals surface area contributed by atoms with Gasteiger partial charge in [0.1, 0.15) is 16.9 Å². The molecule has 4 aliphatic rings. The van der Waals surface area contributed by atoms with Crippen LogP contribution in [0.4, 0.5) is 0 Å². The molecule has 0 radical (unpaired) electrons. The normalized spacial score (nSPS) is 25.0. The second kappa shape index (κ2) is 15.0. The number of carbonyl (C=O) groups excluding carboxylic acids is 2. The lowest BCUT2D eigenvalue weighted by Crippen LogP contribution is -2.52. The maximum absolute atomic E-state index is 14.5. The summed E-state index contributed by atoms with van der Waals surface area (Å²) in [7, 11) is 1.59. The smallest absolute Gasteiger partial charge is 0.339 e. The van der Waals surface area contributed by atoms with E-state index in [1.165, 1.54) is 12.0 Å². The molecule has 4 heterocycles. The molecular formula is C43H54O8. The molecule has 8 heteroatoms. The van der Waals surface area contributed by atoms with Crippen molar-refractivity contribution in [2.24, 2.45) is 17.3 Å². The van der Waals surface area contributed by atoms with E-state index in [1.54, 1.807) is 13.2 Å². The Morgan fingerprint density at radius 2 is 1.71 bits per heavy atom. The number of fused-ring (bicyclic) bond motifs is 11. The Kier molecular flexibility index (Phi) is 10.8. The van der Waals surface area contributed by atoms with Gasteiger partial charge in [-0.3, -0.25) is 4.79 Å². The molecule has 1 fully saturated rings. The van der Waals surface area contributed by atoms with Gasteiger partial charge in [-0.15, -0.1) is 0 Å². The van der Waals surface area contributed by atoms with Crippen molar-refractivity contribution < 1.29 is 33.0 Å². The summed E-state index contributed by atoms with van der Waals surface area (Å²) in [6.07, 6.45) is 5.79. The van der Waals surface area contributed by atoms with E-state index < -0.39 is 29.4 Å². The molecule has 4 atom stereocenters. The first-order valence-corrected chi connectivity index (χ1v) is 18.7. The summed E-state index contributed by atoms with van der Waals surface area (Å²) in [5.74, 6) is 0.760. The molecule has 1 saturated carbocycles. The minimum Gasteiger partial charge on any atom is -0.483 e. The molecule has 0 amide bonds. The summed E-state index contributed by atoms with van der Waals surface area (Å²) in [5.41, 5.74) is 3.08. The number of hydrogen-bond acceptors (Lipinski definition) is 8. The fraction of sp³-hybridized carbons (Fsp3) is 0.558. The average molecular weight is 699 g/mol. The SMILES string of the molecule is COCCc1cc2ccc3c(c2oc1=O)[C@H]1OC(=O)C[C@]2(CC[C@H](CCC(C)C)C2)Cc2ccc(cc2)CCC(=C(C)C)C(=O)O[C@H]1C(C)(C)O3. The number of methoxy groups -OCH3 is 1. The van der Waals surface area contributed by atoms with Gasteiger partial charge in [0.2, 0.25) is 0 Å². The molecule has 3 aliphatic heterocycles. The van der Waals surface area contributed by atoms with Crippen LogP contribution >= 0.6 is 0 Å². The monoisotopic (exact) mass is 698 g/mol. The quantitative estimate of drug-likeness (QED) is 0.143. The summed E-state index contributed by atoms with van der Waals surface area (Å²) in [6, 6.07) is 14.1. The van der Waals surface area contributed by atoms with Crippen LogP contribution in [-0.2, 0) is 43.1 Å². The number of aryl methyl sites for hydroxylation is 1. The Hall–Kier alpha value is -3.91. The average Bonchev–Trinajstić information content (AvgIpc) is 3.46. The molecule has 1 aliphatic carbocycles. The van der Waals surface area contributed by atoms with Crippen molar-refractivity contribution in [1.82, 2.24) is 0 Å². The molecule has 0 N–H and O–H groups in total. The third-order valence-electron chi connectivity index (χ3n) is 11.3. The van der Waals surface area contributed by atoms with Crippen molar-refractivity contribution in [3.63, 3.8) is 0 Å². The zero-order chi connectivity index (χ0) is 36.5. The molecule has 0 saturated heterocycles. The summed E-state index contributed by atoms with van der Waals surface area (Å²) in [5, 5.41) is 0.657. The fourth-order valence-corrected chi connectivity index (χ4v) is 8.44. The highest BCUT2D eigenvalue weighted by atomic mass is 16.6. The Morgan fingerprint density at radius 3 is 2.41 bits per heavy atom. The van der Waals surface area contributed by atoms with Gasteiger partial charge in [-0.25, -0.2) is 9.59 Å². The van der Waals surface area contributed by atoms with Crippen molar-refractivity contribution in [3.05, 3.63) is 86.3 Å². The third kappa shape index (κ3) is 8.11. The highest BCUT2D eigenvalue weighted by Crippen LogP contribution is 2.51. The van der Waals surface area contributed by atoms with E-state index in [-0.39, 0.29) is 23.4 Å². The number of esters is 2. The van der Waals surface area contributed by atoms with E-state index in [9.17, 15) is 14.4 Å². The van der Waals surface area contributed by atoms with E-state index in [1.807, 2.05) is 39.8 Å². The van der Waals surface area contributed by atoms with Gasteiger partial charge >= 0.3 is 17.6 Å². The van der Waals surface area contributed by atoms with Crippen molar-refractivity contribution in [3.8, 4) is 5.75 Å². The number of carbonyl (C=O) groups is 2. The van der Waals surface area contributed by atoms with Crippen LogP contribution in [0.2, 0.25) is 0 Å². The highest BCUT2D eigenvalue weighted by molar-refractivity contribution is 5.90. The first kappa shape index (κ1) is 36.9. The number of rotatable bonds is 6. The lowest BCUT2D eigenvalue weighted by atomic mass is 9.76. The molecule has 0 unspecified atom stereocenters. The molecule has 1 spiro atoms. The maximum atomic E-state index is 14.5. The van der Waals surface area contributed by atoms with Crippen LogP contribution in [-0.4, -0.2) is 37.4 Å². The van der Waals surface area contributed by atoms with Gasteiger partial charge in [-0.2, -0.15) is 0 Å². The minimum atomic E-state index is -1.08. The number of allylic oxidation sites excluding steroid dienone is 1. The molecule has 2 aromatic carbocycles. The van der Waals surface area contributed by atoms with Crippen LogP contribution in [0.3, 0.4) is 0 Å². The molecular weight excluding hydrogens is 644 g/mol. The van der Waals surface area contributed by atoms with E-state index in [4.69, 9.17) is 23.4 Å². The zero-order valence-corrected chi connectivity index (χ0v) is 31.4. The van der Waals surface area contributed by atoms with Crippen molar-refractivity contribution in [2.75, 3.05) is 13.7 Å². The van der Waals surface area contributed by atoms with Crippen LogP contribution in [0.1, 0.15) is 115 Å². The van der Waals surface area contributed by atoms with E-state index in [0.717, 1.165) is 43.2 Å². The van der Waals surface area contributed by atoms with Crippen LogP contribution in [0, 0.1) is 17.3 Å². The largest absolute Gasteiger partial charge is 0.483 e. The lowest BCUT2D eigenvalue weighted by molar-refractivity contribution is -0.189. The van der Waals surface area contributed by atoms with Gasteiger partial charge in [0.15, 0.2) is 12.2 Å². The van der Waals surface area contributed by atoms with Crippen LogP contribution in [0.5, 0.6) is 5.75 Å². The van der Waals surface area contributed by atoms with E-state index in [0.29, 0.717) is 65.5 Å².